The Bertz CT molecular complexity index is 1630. The number of hydrogen-bond donors (Lipinski definition) is 0. The minimum atomic E-state index is -1.26. The number of Topliss-reactive ketones (excluding diaryl/α,β-unsaturated/α-hetero) is 2. The van der Waals surface area contributed by atoms with E-state index in [2.05, 4.69) is 0 Å². The number of ether oxygens (including phenoxy) is 4. The molecule has 42 heavy (non-hydrogen) atoms. The summed E-state index contributed by atoms with van der Waals surface area (Å²) in [6.07, 6.45) is 0.251. The molecule has 212 valence electrons. The van der Waals surface area contributed by atoms with Gasteiger partial charge in [0.05, 0.1) is 19.3 Å². The van der Waals surface area contributed by atoms with Crippen LogP contribution in [0, 0.1) is 35.0 Å². The molecule has 10 rings (SSSR count). The summed E-state index contributed by atoms with van der Waals surface area (Å²) >= 11 is 0. The first-order chi connectivity index (χ1) is 20.4. The number of ketones is 2. The Morgan fingerprint density at radius 1 is 0.667 bits per heavy atom. The number of hydrogen-bond acceptors (Lipinski definition) is 8. The normalized spacial score (nSPS) is 40.9. The van der Waals surface area contributed by atoms with Crippen molar-refractivity contribution in [1.29, 1.82) is 0 Å². The van der Waals surface area contributed by atoms with E-state index in [4.69, 9.17) is 18.9 Å². The van der Waals surface area contributed by atoms with Gasteiger partial charge in [-0.2, -0.15) is 0 Å². The lowest BCUT2D eigenvalue weighted by molar-refractivity contribution is -0.198. The molecule has 1 saturated carbocycles. The van der Waals surface area contributed by atoms with Gasteiger partial charge in [-0.1, -0.05) is 60.7 Å². The molecule has 1 spiro atoms. The van der Waals surface area contributed by atoms with Crippen LogP contribution in [0.15, 0.2) is 83.8 Å². The maximum absolute atomic E-state index is 14.8. The topological polar surface area (TPSA) is 105 Å². The van der Waals surface area contributed by atoms with Gasteiger partial charge in [0.1, 0.15) is 41.3 Å². The second kappa shape index (κ2) is 8.43. The Balaban J connectivity index is 1.25. The third-order valence-electron chi connectivity index (χ3n) is 10.8. The summed E-state index contributed by atoms with van der Waals surface area (Å²) in [5.74, 6) is -2.11. The molecule has 2 bridgehead atoms. The van der Waals surface area contributed by atoms with Gasteiger partial charge in [-0.15, -0.1) is 0 Å². The van der Waals surface area contributed by atoms with Crippen molar-refractivity contribution in [2.45, 2.75) is 50.1 Å². The lowest BCUT2D eigenvalue weighted by Gasteiger charge is -2.63. The van der Waals surface area contributed by atoms with Gasteiger partial charge in [0.25, 0.3) is 0 Å². The molecule has 4 aliphatic carbocycles. The van der Waals surface area contributed by atoms with Crippen LogP contribution < -0.4 is 0 Å². The highest BCUT2D eigenvalue weighted by Gasteiger charge is 2.77. The Morgan fingerprint density at radius 3 is 2.02 bits per heavy atom. The fraction of sp³-hybridized carbons (Fsp3) is 0.412. The summed E-state index contributed by atoms with van der Waals surface area (Å²) in [7, 11) is 0. The van der Waals surface area contributed by atoms with E-state index in [9.17, 15) is 19.2 Å². The first kappa shape index (κ1) is 24.4. The molecule has 4 aliphatic heterocycles. The zero-order chi connectivity index (χ0) is 28.3. The first-order valence-corrected chi connectivity index (χ1v) is 14.8. The smallest absolute Gasteiger partial charge is 0.306 e. The van der Waals surface area contributed by atoms with Gasteiger partial charge in [-0.25, -0.2) is 0 Å². The number of carbonyl (C=O) groups is 4. The summed E-state index contributed by atoms with van der Waals surface area (Å²) < 4.78 is 25.4. The molecule has 0 radical (unpaired) electrons. The zero-order valence-electron chi connectivity index (χ0n) is 22.6. The van der Waals surface area contributed by atoms with E-state index >= 15 is 0 Å². The van der Waals surface area contributed by atoms with E-state index in [0.29, 0.717) is 17.1 Å². The molecule has 0 N–H and O–H groups in total. The third-order valence-corrected chi connectivity index (χ3v) is 10.8. The zero-order valence-corrected chi connectivity index (χ0v) is 22.6. The molecular formula is C34H28O8. The van der Waals surface area contributed by atoms with E-state index < -0.39 is 47.6 Å². The summed E-state index contributed by atoms with van der Waals surface area (Å²) in [5, 5.41) is 0. The molecule has 8 heteroatoms. The van der Waals surface area contributed by atoms with Crippen molar-refractivity contribution in [2.75, 3.05) is 0 Å². The fourth-order valence-electron chi connectivity index (χ4n) is 9.35. The minimum Gasteiger partial charge on any atom is -0.489 e. The van der Waals surface area contributed by atoms with Gasteiger partial charge in [0.15, 0.2) is 11.6 Å². The molecule has 10 atom stereocenters. The predicted molar refractivity (Wildman–Crippen MR) is 144 cm³/mol. The van der Waals surface area contributed by atoms with Crippen molar-refractivity contribution in [2.24, 2.45) is 35.0 Å². The Morgan fingerprint density at radius 2 is 1.31 bits per heavy atom. The maximum atomic E-state index is 14.8. The molecular weight excluding hydrogens is 536 g/mol. The molecule has 0 aromatic heterocycles. The number of carbonyl (C=O) groups excluding carboxylic acids is 4. The van der Waals surface area contributed by atoms with E-state index in [1.54, 1.807) is 0 Å². The highest BCUT2D eigenvalue weighted by atomic mass is 16.6. The summed E-state index contributed by atoms with van der Waals surface area (Å²) in [6.45, 7) is 0. The van der Waals surface area contributed by atoms with E-state index in [1.165, 1.54) is 0 Å². The minimum absolute atomic E-state index is 0.0530. The SMILES string of the molecule is O=C1C[C@@H]2C3=C(O[C@@H](c4ccccc4)CC3=O)[C@@H]3[C@@H](C4C=C5O[C@@H](c6ccccc6)CC(=O)[C@@]53[C@H]3CC(=O)O[C@H]43)[C@H]2O1. The quantitative estimate of drug-likeness (QED) is 0.497. The van der Waals surface area contributed by atoms with Gasteiger partial charge >= 0.3 is 11.9 Å². The van der Waals surface area contributed by atoms with Crippen LogP contribution in [-0.2, 0) is 38.1 Å². The van der Waals surface area contributed by atoms with Crippen LogP contribution in [0.1, 0.15) is 49.0 Å². The van der Waals surface area contributed by atoms with Crippen LogP contribution >= 0.6 is 0 Å². The number of fused-ring (bicyclic) bond motifs is 2. The Labute approximate surface area is 241 Å². The average Bonchev–Trinajstić information content (AvgIpc) is 3.60. The van der Waals surface area contributed by atoms with Gasteiger partial charge in [-0.05, 0) is 17.2 Å². The maximum Gasteiger partial charge on any atom is 0.306 e. The molecule has 0 amide bonds. The number of benzene rings is 2. The average molecular weight is 565 g/mol. The molecule has 4 heterocycles. The second-order valence-corrected chi connectivity index (χ2v) is 12.6. The summed E-state index contributed by atoms with van der Waals surface area (Å²) in [6, 6.07) is 19.3. The molecule has 8 aliphatic rings. The van der Waals surface area contributed by atoms with Crippen molar-refractivity contribution in [3.63, 3.8) is 0 Å². The Kier molecular flexibility index (Phi) is 4.90. The van der Waals surface area contributed by atoms with E-state index in [-0.39, 0.29) is 61.0 Å². The van der Waals surface area contributed by atoms with E-state index in [0.717, 1.165) is 11.1 Å². The largest absolute Gasteiger partial charge is 0.489 e. The van der Waals surface area contributed by atoms with Crippen LogP contribution in [0.4, 0.5) is 0 Å². The van der Waals surface area contributed by atoms with Crippen LogP contribution in [-0.4, -0.2) is 35.7 Å². The number of allylic oxidation sites excluding steroid dienone is 2. The van der Waals surface area contributed by atoms with Gasteiger partial charge in [0, 0.05) is 41.6 Å². The van der Waals surface area contributed by atoms with Crippen molar-refractivity contribution < 1.29 is 38.1 Å². The Hall–Kier alpha value is -4.20. The van der Waals surface area contributed by atoms with Crippen molar-refractivity contribution in [3.8, 4) is 0 Å². The lowest BCUT2D eigenvalue weighted by Crippen LogP contribution is -2.68. The monoisotopic (exact) mass is 564 g/mol. The van der Waals surface area contributed by atoms with Gasteiger partial charge in [-0.3, -0.25) is 19.2 Å². The molecule has 1 unspecified atom stereocenters. The van der Waals surface area contributed by atoms with Crippen molar-refractivity contribution in [3.05, 3.63) is 95.0 Å². The van der Waals surface area contributed by atoms with Gasteiger partial charge in [0.2, 0.25) is 0 Å². The van der Waals surface area contributed by atoms with Crippen LogP contribution in [0.2, 0.25) is 0 Å². The fourth-order valence-corrected chi connectivity index (χ4v) is 9.35. The van der Waals surface area contributed by atoms with E-state index in [1.807, 2.05) is 66.7 Å². The standard InChI is InChI=1S/C34H28O8/c35-21-14-22(16-7-3-1-4-8-16)40-33-28(21)19-12-26(37)42-32(19)29-18-11-25-34(30(29)33,20-13-27(38)41-31(18)20)24(36)15-23(39-25)17-9-5-2-6-10-17/h1-11,18-20,22-23,29-32H,12-15H2/t18?,19-,20+,22-,23-,29-,30+,31-,32+,34+/m1/s1. The predicted octanol–water partition coefficient (Wildman–Crippen LogP) is 4.33. The highest BCUT2D eigenvalue weighted by molar-refractivity contribution is 6.00. The molecule has 2 aromatic carbocycles. The van der Waals surface area contributed by atoms with Gasteiger partial charge < -0.3 is 18.9 Å². The molecule has 2 aromatic rings. The molecule has 3 saturated heterocycles. The van der Waals surface area contributed by atoms with Crippen molar-refractivity contribution in [1.82, 2.24) is 0 Å². The molecule has 8 nitrogen and oxygen atoms in total. The van der Waals surface area contributed by atoms with Crippen LogP contribution in [0.5, 0.6) is 0 Å². The summed E-state index contributed by atoms with van der Waals surface area (Å²) in [4.78, 5) is 54.4. The third kappa shape index (κ3) is 3.02. The van der Waals surface area contributed by atoms with Crippen LogP contribution in [0.3, 0.4) is 0 Å². The highest BCUT2D eigenvalue weighted by Crippen LogP contribution is 2.71. The number of rotatable bonds is 2. The van der Waals surface area contributed by atoms with Crippen LogP contribution in [0.25, 0.3) is 0 Å². The molecule has 4 fully saturated rings. The van der Waals surface area contributed by atoms with Crippen molar-refractivity contribution >= 4 is 23.5 Å². The summed E-state index contributed by atoms with van der Waals surface area (Å²) in [5.41, 5.74) is 0.981. The lowest BCUT2D eigenvalue weighted by atomic mass is 9.41. The second-order valence-electron chi connectivity index (χ2n) is 12.6. The first-order valence-electron chi connectivity index (χ1n) is 14.8. The number of esters is 2.